The molecule has 0 heterocycles. The maximum Gasteiger partial charge on any atom is -0.00990 e. The van der Waals surface area contributed by atoms with Crippen LogP contribution in [-0.2, 0) is 5.41 Å². The maximum atomic E-state index is 2.33. The first kappa shape index (κ1) is 15.9. The molecule has 25 heavy (non-hydrogen) atoms. The molecule has 0 bridgehead atoms. The number of hydrogen-bond donors (Lipinski definition) is 0. The molecule has 0 aromatic heterocycles. The summed E-state index contributed by atoms with van der Waals surface area (Å²) in [7, 11) is 0. The average molecular weight is 324 g/mol. The zero-order chi connectivity index (χ0) is 17.4. The number of benzene rings is 4. The Balaban J connectivity index is 1.94. The van der Waals surface area contributed by atoms with Crippen LogP contribution in [0.5, 0.6) is 0 Å². The smallest absolute Gasteiger partial charge is 0.00990 e. The molecule has 0 amide bonds. The van der Waals surface area contributed by atoms with Crippen LogP contribution in [-0.4, -0.2) is 0 Å². The van der Waals surface area contributed by atoms with Crippen LogP contribution in [0.15, 0.2) is 78.9 Å². The van der Waals surface area contributed by atoms with Crippen molar-refractivity contribution in [2.75, 3.05) is 0 Å². The normalized spacial score (nSPS) is 12.0. The molecular weight excluding hydrogens is 300 g/mol. The van der Waals surface area contributed by atoms with Crippen LogP contribution < -0.4 is 0 Å². The van der Waals surface area contributed by atoms with Crippen LogP contribution in [0, 0.1) is 0 Å². The van der Waals surface area contributed by atoms with E-state index in [-0.39, 0.29) is 5.41 Å². The van der Waals surface area contributed by atoms with Gasteiger partial charge in [0.2, 0.25) is 0 Å². The van der Waals surface area contributed by atoms with Crippen LogP contribution >= 0.6 is 0 Å². The lowest BCUT2D eigenvalue weighted by Gasteiger charge is -2.23. The summed E-state index contributed by atoms with van der Waals surface area (Å²) in [6.45, 7) is 6.88. The standard InChI is InChI=1S/C25H24/c1-4-25(2,3)20-15-13-18(14-16-20)24-17-19-9-5-6-10-21(19)22-11-7-8-12-23(22)24/h5-17H,4H2,1-3H3. The van der Waals surface area contributed by atoms with Crippen LogP contribution in [0.25, 0.3) is 32.7 Å². The van der Waals surface area contributed by atoms with E-state index in [0.717, 1.165) is 6.42 Å². The molecule has 124 valence electrons. The highest BCUT2D eigenvalue weighted by molar-refractivity contribution is 6.13. The van der Waals surface area contributed by atoms with Crippen LogP contribution in [0.2, 0.25) is 0 Å². The molecule has 0 atom stereocenters. The van der Waals surface area contributed by atoms with Gasteiger partial charge in [-0.15, -0.1) is 0 Å². The van der Waals surface area contributed by atoms with Crippen LogP contribution in [0.4, 0.5) is 0 Å². The summed E-state index contributed by atoms with van der Waals surface area (Å²) >= 11 is 0. The van der Waals surface area contributed by atoms with Gasteiger partial charge in [0, 0.05) is 0 Å². The highest BCUT2D eigenvalue weighted by atomic mass is 14.2. The van der Waals surface area contributed by atoms with Gasteiger partial charge in [0.1, 0.15) is 0 Å². The highest BCUT2D eigenvalue weighted by Gasteiger charge is 2.18. The second-order valence-electron chi connectivity index (χ2n) is 7.51. The topological polar surface area (TPSA) is 0 Å². The van der Waals surface area contributed by atoms with E-state index in [1.54, 1.807) is 0 Å². The zero-order valence-electron chi connectivity index (χ0n) is 15.2. The molecule has 0 aliphatic heterocycles. The van der Waals surface area contributed by atoms with E-state index >= 15 is 0 Å². The van der Waals surface area contributed by atoms with Crippen molar-refractivity contribution in [2.45, 2.75) is 32.6 Å². The van der Waals surface area contributed by atoms with Gasteiger partial charge in [-0.05, 0) is 56.1 Å². The fraction of sp³-hybridized carbons (Fsp3) is 0.200. The van der Waals surface area contributed by atoms with E-state index in [9.17, 15) is 0 Å². The Labute approximate surface area is 150 Å². The molecule has 4 rings (SSSR count). The molecule has 0 spiro atoms. The number of fused-ring (bicyclic) bond motifs is 3. The van der Waals surface area contributed by atoms with Crippen molar-refractivity contribution >= 4 is 21.5 Å². The molecule has 0 N–H and O–H groups in total. The molecule has 0 radical (unpaired) electrons. The van der Waals surface area contributed by atoms with E-state index in [1.165, 1.54) is 38.2 Å². The SMILES string of the molecule is CCC(C)(C)c1ccc(-c2cc3ccccc3c3ccccc23)cc1. The van der Waals surface area contributed by atoms with E-state index in [0.29, 0.717) is 0 Å². The van der Waals surface area contributed by atoms with Crippen molar-refractivity contribution in [1.29, 1.82) is 0 Å². The Bertz CT molecular complexity index is 1040. The molecule has 0 aliphatic rings. The van der Waals surface area contributed by atoms with Gasteiger partial charge >= 0.3 is 0 Å². The summed E-state index contributed by atoms with van der Waals surface area (Å²) in [5.74, 6) is 0. The molecule has 4 aromatic rings. The third-order valence-corrected chi connectivity index (χ3v) is 5.63. The van der Waals surface area contributed by atoms with Crippen molar-refractivity contribution in [1.82, 2.24) is 0 Å². The summed E-state index contributed by atoms with van der Waals surface area (Å²) in [4.78, 5) is 0. The first-order chi connectivity index (χ1) is 12.1. The number of rotatable bonds is 3. The number of hydrogen-bond acceptors (Lipinski definition) is 0. The van der Waals surface area contributed by atoms with Gasteiger partial charge in [0.25, 0.3) is 0 Å². The maximum absolute atomic E-state index is 2.33. The summed E-state index contributed by atoms with van der Waals surface area (Å²) in [5, 5.41) is 5.28. The summed E-state index contributed by atoms with van der Waals surface area (Å²) in [5.41, 5.74) is 4.24. The monoisotopic (exact) mass is 324 g/mol. The van der Waals surface area contributed by atoms with Crippen molar-refractivity contribution in [3.63, 3.8) is 0 Å². The Morgan fingerprint density at radius 1 is 0.680 bits per heavy atom. The Morgan fingerprint density at radius 2 is 1.28 bits per heavy atom. The Kier molecular flexibility index (Phi) is 3.84. The largest absolute Gasteiger partial charge is 0.0646 e. The van der Waals surface area contributed by atoms with Crippen molar-refractivity contribution in [2.24, 2.45) is 0 Å². The predicted octanol–water partition coefficient (Wildman–Crippen LogP) is 7.35. The summed E-state index contributed by atoms with van der Waals surface area (Å²) < 4.78 is 0. The van der Waals surface area contributed by atoms with Crippen molar-refractivity contribution in [3.05, 3.63) is 84.4 Å². The summed E-state index contributed by atoms with van der Waals surface area (Å²) in [6, 6.07) is 28.9. The van der Waals surface area contributed by atoms with E-state index in [2.05, 4.69) is 99.6 Å². The Morgan fingerprint density at radius 3 is 1.96 bits per heavy atom. The fourth-order valence-electron chi connectivity index (χ4n) is 3.60. The third-order valence-electron chi connectivity index (χ3n) is 5.63. The molecular formula is C25H24. The summed E-state index contributed by atoms with van der Waals surface area (Å²) in [6.07, 6.45) is 1.14. The lowest BCUT2D eigenvalue weighted by atomic mass is 9.81. The second kappa shape index (κ2) is 6.04. The van der Waals surface area contributed by atoms with Crippen LogP contribution in [0.1, 0.15) is 32.8 Å². The van der Waals surface area contributed by atoms with Gasteiger partial charge < -0.3 is 0 Å². The Hall–Kier alpha value is -2.60. The molecule has 0 aliphatic carbocycles. The third kappa shape index (κ3) is 2.72. The first-order valence-corrected chi connectivity index (χ1v) is 9.11. The highest BCUT2D eigenvalue weighted by Crippen LogP contribution is 2.36. The van der Waals surface area contributed by atoms with Gasteiger partial charge in [-0.25, -0.2) is 0 Å². The van der Waals surface area contributed by atoms with E-state index < -0.39 is 0 Å². The minimum absolute atomic E-state index is 0.226. The van der Waals surface area contributed by atoms with Crippen LogP contribution in [0.3, 0.4) is 0 Å². The molecule has 0 heteroatoms. The van der Waals surface area contributed by atoms with E-state index in [1.807, 2.05) is 0 Å². The van der Waals surface area contributed by atoms with Gasteiger partial charge in [-0.1, -0.05) is 93.6 Å². The minimum Gasteiger partial charge on any atom is -0.0646 e. The van der Waals surface area contributed by atoms with Gasteiger partial charge in [-0.2, -0.15) is 0 Å². The second-order valence-corrected chi connectivity index (χ2v) is 7.51. The molecule has 4 aromatic carbocycles. The molecule has 0 saturated carbocycles. The first-order valence-electron chi connectivity index (χ1n) is 9.11. The minimum atomic E-state index is 0.226. The quantitative estimate of drug-likeness (QED) is 0.346. The lowest BCUT2D eigenvalue weighted by Crippen LogP contribution is -2.14. The molecule has 0 saturated heterocycles. The molecule has 0 fully saturated rings. The molecule has 0 nitrogen and oxygen atoms in total. The van der Waals surface area contributed by atoms with E-state index in [4.69, 9.17) is 0 Å². The van der Waals surface area contributed by atoms with Crippen molar-refractivity contribution < 1.29 is 0 Å². The predicted molar refractivity (Wildman–Crippen MR) is 110 cm³/mol. The average Bonchev–Trinajstić information content (AvgIpc) is 2.67. The zero-order valence-corrected chi connectivity index (χ0v) is 15.2. The molecule has 0 unspecified atom stereocenters. The fourth-order valence-corrected chi connectivity index (χ4v) is 3.60. The van der Waals surface area contributed by atoms with Gasteiger partial charge in [0.05, 0.1) is 0 Å². The van der Waals surface area contributed by atoms with Gasteiger partial charge in [0.15, 0.2) is 0 Å². The van der Waals surface area contributed by atoms with Gasteiger partial charge in [-0.3, -0.25) is 0 Å². The lowest BCUT2D eigenvalue weighted by molar-refractivity contribution is 0.506. The van der Waals surface area contributed by atoms with Crippen molar-refractivity contribution in [3.8, 4) is 11.1 Å².